The van der Waals surface area contributed by atoms with Gasteiger partial charge in [0.2, 0.25) is 0 Å². The minimum atomic E-state index is -0.568. The number of imide groups is 1. The summed E-state index contributed by atoms with van der Waals surface area (Å²) in [6, 6.07) is 11.9. The quantitative estimate of drug-likeness (QED) is 0.859. The van der Waals surface area contributed by atoms with Crippen LogP contribution in [0.15, 0.2) is 42.5 Å². The van der Waals surface area contributed by atoms with E-state index >= 15 is 0 Å². The summed E-state index contributed by atoms with van der Waals surface area (Å²) in [7, 11) is 0. The largest absolute Gasteiger partial charge is 0.328 e. The fourth-order valence-corrected chi connectivity index (χ4v) is 2.85. The van der Waals surface area contributed by atoms with Crippen LogP contribution in [-0.2, 0) is 6.42 Å². The molecule has 1 aliphatic heterocycles. The van der Waals surface area contributed by atoms with E-state index in [0.717, 1.165) is 17.7 Å². The average molecular weight is 335 g/mol. The molecule has 0 aromatic heterocycles. The van der Waals surface area contributed by atoms with Crippen LogP contribution in [-0.4, -0.2) is 18.5 Å². The first-order valence-electron chi connectivity index (χ1n) is 6.72. The fraction of sp³-hybridized carbons (Fsp3) is 0.125. The molecule has 1 N–H and O–H groups in total. The first kappa shape index (κ1) is 14.9. The highest BCUT2D eigenvalue weighted by Crippen LogP contribution is 2.28. The van der Waals surface area contributed by atoms with Gasteiger partial charge in [0.1, 0.15) is 0 Å². The third-order valence-electron chi connectivity index (χ3n) is 3.55. The Hall–Kier alpha value is -2.04. The molecule has 0 saturated heterocycles. The number of carbonyl (C=O) groups is 2. The molecule has 1 heterocycles. The number of nitrogens with zero attached hydrogens (tertiary/aromatic N) is 1. The highest BCUT2D eigenvalue weighted by atomic mass is 35.5. The van der Waals surface area contributed by atoms with E-state index in [4.69, 9.17) is 23.2 Å². The van der Waals surface area contributed by atoms with Crippen molar-refractivity contribution in [2.45, 2.75) is 6.42 Å². The van der Waals surface area contributed by atoms with Crippen molar-refractivity contribution >= 4 is 40.8 Å². The lowest BCUT2D eigenvalue weighted by molar-refractivity contribution is 0.0966. The molecule has 1 aliphatic rings. The Morgan fingerprint density at radius 3 is 2.64 bits per heavy atom. The number of para-hydroxylation sites is 1. The van der Waals surface area contributed by atoms with E-state index in [1.54, 1.807) is 17.0 Å². The van der Waals surface area contributed by atoms with Crippen LogP contribution in [0.25, 0.3) is 0 Å². The van der Waals surface area contributed by atoms with Gasteiger partial charge >= 0.3 is 6.03 Å². The Balaban J connectivity index is 1.78. The van der Waals surface area contributed by atoms with Gasteiger partial charge in [-0.25, -0.2) is 4.79 Å². The zero-order chi connectivity index (χ0) is 15.7. The van der Waals surface area contributed by atoms with Crippen LogP contribution in [0.3, 0.4) is 0 Å². The lowest BCUT2D eigenvalue weighted by Crippen LogP contribution is -2.42. The summed E-state index contributed by atoms with van der Waals surface area (Å²) in [5.74, 6) is -0.568. The lowest BCUT2D eigenvalue weighted by Gasteiger charge is -2.17. The van der Waals surface area contributed by atoms with Crippen molar-refractivity contribution in [3.63, 3.8) is 0 Å². The molecule has 6 heteroatoms. The molecule has 0 fully saturated rings. The number of hydrogen-bond acceptors (Lipinski definition) is 2. The molecule has 0 atom stereocenters. The summed E-state index contributed by atoms with van der Waals surface area (Å²) < 4.78 is 0. The molecule has 112 valence electrons. The standard InChI is InChI=1S/C16H12Cl2N2O2/c17-12-6-3-5-11(14(12)18)15(21)19-16(22)20-9-8-10-4-1-2-7-13(10)20/h1-7H,8-9H2,(H,19,21,22). The number of halogens is 2. The predicted octanol–water partition coefficient (Wildman–Crippen LogP) is 3.91. The summed E-state index contributed by atoms with van der Waals surface area (Å²) in [4.78, 5) is 26.0. The topological polar surface area (TPSA) is 49.4 Å². The van der Waals surface area contributed by atoms with Crippen LogP contribution in [0.1, 0.15) is 15.9 Å². The average Bonchev–Trinajstić information content (AvgIpc) is 2.94. The molecular formula is C16H12Cl2N2O2. The van der Waals surface area contributed by atoms with Crippen molar-refractivity contribution in [2.24, 2.45) is 0 Å². The Morgan fingerprint density at radius 1 is 1.05 bits per heavy atom. The van der Waals surface area contributed by atoms with E-state index < -0.39 is 11.9 Å². The van der Waals surface area contributed by atoms with E-state index in [1.165, 1.54) is 6.07 Å². The third kappa shape index (κ3) is 2.67. The number of anilines is 1. The van der Waals surface area contributed by atoms with Gasteiger partial charge < -0.3 is 0 Å². The van der Waals surface area contributed by atoms with Crippen molar-refractivity contribution in [1.29, 1.82) is 0 Å². The second-order valence-corrected chi connectivity index (χ2v) is 5.68. The van der Waals surface area contributed by atoms with Gasteiger partial charge in [-0.3, -0.25) is 15.0 Å². The maximum absolute atomic E-state index is 12.3. The Kier molecular flexibility index (Phi) is 4.05. The SMILES string of the molecule is O=C(NC(=O)N1CCc2ccccc21)c1cccc(Cl)c1Cl. The molecule has 22 heavy (non-hydrogen) atoms. The van der Waals surface area contributed by atoms with Crippen LogP contribution >= 0.6 is 23.2 Å². The predicted molar refractivity (Wildman–Crippen MR) is 86.8 cm³/mol. The number of rotatable bonds is 1. The van der Waals surface area contributed by atoms with Gasteiger partial charge in [-0.15, -0.1) is 0 Å². The molecule has 0 aliphatic carbocycles. The van der Waals surface area contributed by atoms with Crippen molar-refractivity contribution < 1.29 is 9.59 Å². The molecule has 2 aromatic carbocycles. The number of hydrogen-bond donors (Lipinski definition) is 1. The number of urea groups is 1. The molecule has 0 spiro atoms. The molecule has 4 nitrogen and oxygen atoms in total. The van der Waals surface area contributed by atoms with E-state index in [0.29, 0.717) is 6.54 Å². The maximum Gasteiger partial charge on any atom is 0.328 e. The number of carbonyl (C=O) groups excluding carboxylic acids is 2. The van der Waals surface area contributed by atoms with Crippen LogP contribution in [0.2, 0.25) is 10.0 Å². The second kappa shape index (κ2) is 5.99. The molecule has 3 rings (SSSR count). The number of fused-ring (bicyclic) bond motifs is 1. The summed E-state index contributed by atoms with van der Waals surface area (Å²) in [6.07, 6.45) is 0.774. The highest BCUT2D eigenvalue weighted by molar-refractivity contribution is 6.44. The van der Waals surface area contributed by atoms with Crippen molar-refractivity contribution in [3.05, 3.63) is 63.6 Å². The molecule has 0 unspecified atom stereocenters. The summed E-state index contributed by atoms with van der Waals surface area (Å²) >= 11 is 11.9. The van der Waals surface area contributed by atoms with Crippen LogP contribution in [0.4, 0.5) is 10.5 Å². The smallest absolute Gasteiger partial charge is 0.294 e. The van der Waals surface area contributed by atoms with Crippen LogP contribution < -0.4 is 10.2 Å². The van der Waals surface area contributed by atoms with Gasteiger partial charge in [0.15, 0.2) is 0 Å². The maximum atomic E-state index is 12.3. The third-order valence-corrected chi connectivity index (χ3v) is 4.37. The molecule has 0 radical (unpaired) electrons. The fourth-order valence-electron chi connectivity index (χ4n) is 2.46. The first-order valence-corrected chi connectivity index (χ1v) is 7.48. The van der Waals surface area contributed by atoms with Gasteiger partial charge in [-0.1, -0.05) is 47.5 Å². The zero-order valence-electron chi connectivity index (χ0n) is 11.5. The molecule has 2 aromatic rings. The Bertz CT molecular complexity index is 762. The molecule has 3 amide bonds. The van der Waals surface area contributed by atoms with Gasteiger partial charge in [0.05, 0.1) is 15.6 Å². The summed E-state index contributed by atoms with van der Waals surface area (Å²) in [5.41, 5.74) is 2.09. The van der Waals surface area contributed by atoms with Gasteiger partial charge in [0.25, 0.3) is 5.91 Å². The van der Waals surface area contributed by atoms with Gasteiger partial charge in [0, 0.05) is 12.2 Å². The summed E-state index contributed by atoms with van der Waals surface area (Å²) in [6.45, 7) is 0.543. The van der Waals surface area contributed by atoms with Crippen LogP contribution in [0, 0.1) is 0 Å². The number of amides is 3. The van der Waals surface area contributed by atoms with Crippen LogP contribution in [0.5, 0.6) is 0 Å². The van der Waals surface area contributed by atoms with E-state index in [2.05, 4.69) is 5.32 Å². The number of benzene rings is 2. The normalized spacial score (nSPS) is 12.9. The van der Waals surface area contributed by atoms with E-state index in [9.17, 15) is 9.59 Å². The summed E-state index contributed by atoms with van der Waals surface area (Å²) in [5, 5.41) is 2.76. The van der Waals surface area contributed by atoms with E-state index in [-0.39, 0.29) is 15.6 Å². The van der Waals surface area contributed by atoms with Gasteiger partial charge in [-0.05, 0) is 30.2 Å². The lowest BCUT2D eigenvalue weighted by atomic mass is 10.2. The highest BCUT2D eigenvalue weighted by Gasteiger charge is 2.26. The zero-order valence-corrected chi connectivity index (χ0v) is 13.0. The van der Waals surface area contributed by atoms with Crippen molar-refractivity contribution in [1.82, 2.24) is 5.32 Å². The minimum Gasteiger partial charge on any atom is -0.294 e. The monoisotopic (exact) mass is 334 g/mol. The first-order chi connectivity index (χ1) is 10.6. The van der Waals surface area contributed by atoms with E-state index in [1.807, 2.05) is 24.3 Å². The van der Waals surface area contributed by atoms with Crippen molar-refractivity contribution in [3.8, 4) is 0 Å². The Labute approximate surface area is 137 Å². The molecule has 0 bridgehead atoms. The molecule has 0 saturated carbocycles. The Morgan fingerprint density at radius 2 is 1.82 bits per heavy atom. The minimum absolute atomic E-state index is 0.135. The van der Waals surface area contributed by atoms with Crippen molar-refractivity contribution in [2.75, 3.05) is 11.4 Å². The number of nitrogens with one attached hydrogen (secondary N) is 1. The second-order valence-electron chi connectivity index (χ2n) is 4.89. The molecular weight excluding hydrogens is 323 g/mol. The van der Waals surface area contributed by atoms with Gasteiger partial charge in [-0.2, -0.15) is 0 Å².